The highest BCUT2D eigenvalue weighted by Crippen LogP contribution is 2.37. The third kappa shape index (κ3) is 5.65. The van der Waals surface area contributed by atoms with Crippen molar-refractivity contribution in [1.29, 1.82) is 0 Å². The topological polar surface area (TPSA) is 79.1 Å². The number of benzene rings is 1. The standard InChI is InChI=1S/C20H25F5N6/c1-18(2,3)30-17-28-15(14(26)16(29-17)31-9-8-19(21,22)11-31)27-10-12-6-4-5-7-13(12)20(23,24)25/h4-7H,8-11,26H2,1-3H3,(H2,27,28,29,30). The first kappa shape index (κ1) is 22.8. The number of rotatable bonds is 5. The van der Waals surface area contributed by atoms with Gasteiger partial charge in [-0.25, -0.2) is 8.78 Å². The lowest BCUT2D eigenvalue weighted by Gasteiger charge is -2.25. The van der Waals surface area contributed by atoms with Gasteiger partial charge in [0.05, 0.1) is 12.1 Å². The van der Waals surface area contributed by atoms with Gasteiger partial charge in [-0.3, -0.25) is 0 Å². The molecule has 1 aliphatic heterocycles. The first-order valence-corrected chi connectivity index (χ1v) is 9.73. The number of aromatic nitrogens is 2. The van der Waals surface area contributed by atoms with Gasteiger partial charge in [-0.15, -0.1) is 0 Å². The zero-order valence-electron chi connectivity index (χ0n) is 17.4. The van der Waals surface area contributed by atoms with Crippen molar-refractivity contribution < 1.29 is 22.0 Å². The van der Waals surface area contributed by atoms with E-state index in [1.807, 2.05) is 20.8 Å². The van der Waals surface area contributed by atoms with Crippen LogP contribution in [0.15, 0.2) is 24.3 Å². The fourth-order valence-electron chi connectivity index (χ4n) is 3.27. The largest absolute Gasteiger partial charge is 0.416 e. The van der Waals surface area contributed by atoms with Gasteiger partial charge in [0.25, 0.3) is 5.92 Å². The summed E-state index contributed by atoms with van der Waals surface area (Å²) in [5.74, 6) is -2.54. The Labute approximate surface area is 177 Å². The molecule has 1 fully saturated rings. The molecule has 170 valence electrons. The molecule has 31 heavy (non-hydrogen) atoms. The van der Waals surface area contributed by atoms with Crippen LogP contribution in [0.1, 0.15) is 38.3 Å². The Balaban J connectivity index is 1.94. The van der Waals surface area contributed by atoms with E-state index in [-0.39, 0.29) is 48.3 Å². The van der Waals surface area contributed by atoms with Gasteiger partial charge in [-0.05, 0) is 32.4 Å². The summed E-state index contributed by atoms with van der Waals surface area (Å²) >= 11 is 0. The van der Waals surface area contributed by atoms with E-state index in [1.165, 1.54) is 23.1 Å². The average molecular weight is 444 g/mol. The molecule has 0 radical (unpaired) electrons. The Bertz CT molecular complexity index is 939. The Hall–Kier alpha value is -2.85. The molecule has 6 nitrogen and oxygen atoms in total. The van der Waals surface area contributed by atoms with Crippen LogP contribution in [0.4, 0.5) is 45.2 Å². The number of halogens is 5. The van der Waals surface area contributed by atoms with Gasteiger partial charge in [0.2, 0.25) is 5.95 Å². The Kier molecular flexibility index (Phi) is 5.90. The molecule has 0 atom stereocenters. The highest BCUT2D eigenvalue weighted by Gasteiger charge is 2.40. The molecule has 2 aromatic rings. The highest BCUT2D eigenvalue weighted by atomic mass is 19.4. The van der Waals surface area contributed by atoms with Crippen LogP contribution in [-0.4, -0.2) is 34.5 Å². The van der Waals surface area contributed by atoms with Crippen LogP contribution in [-0.2, 0) is 12.7 Å². The number of nitrogens with two attached hydrogens (primary N) is 1. The summed E-state index contributed by atoms with van der Waals surface area (Å²) in [7, 11) is 0. The van der Waals surface area contributed by atoms with Crippen molar-refractivity contribution in [1.82, 2.24) is 9.97 Å². The number of alkyl halides is 5. The van der Waals surface area contributed by atoms with Crippen LogP contribution in [0.5, 0.6) is 0 Å². The fraction of sp³-hybridized carbons (Fsp3) is 0.500. The predicted molar refractivity (Wildman–Crippen MR) is 110 cm³/mol. The average Bonchev–Trinajstić information content (AvgIpc) is 2.99. The lowest BCUT2D eigenvalue weighted by molar-refractivity contribution is -0.138. The second-order valence-corrected chi connectivity index (χ2v) is 8.54. The SMILES string of the molecule is CC(C)(C)Nc1nc(NCc2ccccc2C(F)(F)F)c(N)c(N2CCC(F)(F)C2)n1. The lowest BCUT2D eigenvalue weighted by atomic mass is 10.1. The maximum atomic E-state index is 13.7. The van der Waals surface area contributed by atoms with E-state index in [0.717, 1.165) is 6.07 Å². The summed E-state index contributed by atoms with van der Waals surface area (Å²) in [5.41, 5.74) is 4.94. The van der Waals surface area contributed by atoms with E-state index in [0.29, 0.717) is 0 Å². The molecule has 3 rings (SSSR count). The van der Waals surface area contributed by atoms with Gasteiger partial charge in [0.15, 0.2) is 11.6 Å². The Morgan fingerprint density at radius 2 is 1.81 bits per heavy atom. The maximum absolute atomic E-state index is 13.7. The summed E-state index contributed by atoms with van der Waals surface area (Å²) in [4.78, 5) is 9.94. The number of anilines is 4. The van der Waals surface area contributed by atoms with Crippen molar-refractivity contribution in [3.63, 3.8) is 0 Å². The molecule has 2 heterocycles. The molecular formula is C20H25F5N6. The van der Waals surface area contributed by atoms with Crippen molar-refractivity contribution >= 4 is 23.3 Å². The van der Waals surface area contributed by atoms with Crippen molar-refractivity contribution in [3.8, 4) is 0 Å². The van der Waals surface area contributed by atoms with Crippen molar-refractivity contribution in [2.75, 3.05) is 34.4 Å². The third-order valence-corrected chi connectivity index (χ3v) is 4.65. The van der Waals surface area contributed by atoms with Crippen LogP contribution < -0.4 is 21.3 Å². The van der Waals surface area contributed by atoms with Crippen LogP contribution in [0.3, 0.4) is 0 Å². The third-order valence-electron chi connectivity index (χ3n) is 4.65. The van der Waals surface area contributed by atoms with Crippen LogP contribution in [0.2, 0.25) is 0 Å². The molecule has 1 aromatic heterocycles. The number of nitrogen functional groups attached to an aromatic ring is 1. The monoisotopic (exact) mass is 444 g/mol. The molecule has 1 aromatic carbocycles. The van der Waals surface area contributed by atoms with Gasteiger partial charge in [-0.1, -0.05) is 18.2 Å². The molecule has 0 aliphatic carbocycles. The molecule has 11 heteroatoms. The van der Waals surface area contributed by atoms with Gasteiger partial charge >= 0.3 is 6.18 Å². The first-order chi connectivity index (χ1) is 14.3. The van der Waals surface area contributed by atoms with E-state index in [9.17, 15) is 22.0 Å². The van der Waals surface area contributed by atoms with Crippen molar-refractivity contribution in [2.45, 2.75) is 51.4 Å². The molecule has 4 N–H and O–H groups in total. The first-order valence-electron chi connectivity index (χ1n) is 9.73. The summed E-state index contributed by atoms with van der Waals surface area (Å²) in [6.45, 7) is 4.90. The van der Waals surface area contributed by atoms with Gasteiger partial charge in [0, 0.05) is 25.0 Å². The Morgan fingerprint density at radius 1 is 1.13 bits per heavy atom. The van der Waals surface area contributed by atoms with Crippen molar-refractivity contribution in [3.05, 3.63) is 35.4 Å². The zero-order chi connectivity index (χ0) is 23.0. The smallest absolute Gasteiger partial charge is 0.393 e. The van der Waals surface area contributed by atoms with Crippen LogP contribution in [0, 0.1) is 0 Å². The minimum absolute atomic E-state index is 0.00153. The number of nitrogens with zero attached hydrogens (tertiary/aromatic N) is 3. The maximum Gasteiger partial charge on any atom is 0.416 e. The van der Waals surface area contributed by atoms with E-state index in [2.05, 4.69) is 20.6 Å². The highest BCUT2D eigenvalue weighted by molar-refractivity contribution is 5.77. The minimum atomic E-state index is -4.51. The quantitative estimate of drug-likeness (QED) is 0.578. The molecule has 0 saturated carbocycles. The number of hydrogen-bond acceptors (Lipinski definition) is 6. The van der Waals surface area contributed by atoms with Gasteiger partial charge in [-0.2, -0.15) is 23.1 Å². The van der Waals surface area contributed by atoms with E-state index in [4.69, 9.17) is 5.73 Å². The number of nitrogens with one attached hydrogen (secondary N) is 2. The van der Waals surface area contributed by atoms with E-state index < -0.39 is 29.7 Å². The zero-order valence-corrected chi connectivity index (χ0v) is 17.4. The molecule has 1 aliphatic rings. The molecule has 0 amide bonds. The van der Waals surface area contributed by atoms with Gasteiger partial charge in [0.1, 0.15) is 5.69 Å². The number of hydrogen-bond donors (Lipinski definition) is 3. The molecular weight excluding hydrogens is 419 g/mol. The summed E-state index contributed by atoms with van der Waals surface area (Å²) in [6, 6.07) is 5.15. The lowest BCUT2D eigenvalue weighted by Crippen LogP contribution is -2.30. The summed E-state index contributed by atoms with van der Waals surface area (Å²) in [5, 5.41) is 5.88. The van der Waals surface area contributed by atoms with Crippen LogP contribution in [0.25, 0.3) is 0 Å². The summed E-state index contributed by atoms with van der Waals surface area (Å²) < 4.78 is 67.3. The minimum Gasteiger partial charge on any atom is -0.393 e. The van der Waals surface area contributed by atoms with Gasteiger partial charge < -0.3 is 21.3 Å². The van der Waals surface area contributed by atoms with Crippen LogP contribution >= 0.6 is 0 Å². The normalized spacial score (nSPS) is 16.5. The van der Waals surface area contributed by atoms with Crippen molar-refractivity contribution in [2.24, 2.45) is 0 Å². The molecule has 1 saturated heterocycles. The second-order valence-electron chi connectivity index (χ2n) is 8.54. The second kappa shape index (κ2) is 8.01. The molecule has 0 bridgehead atoms. The predicted octanol–water partition coefficient (Wildman–Crippen LogP) is 4.75. The Morgan fingerprint density at radius 3 is 2.39 bits per heavy atom. The molecule has 0 spiro atoms. The summed E-state index contributed by atoms with van der Waals surface area (Å²) in [6.07, 6.45) is -4.85. The van der Waals surface area contributed by atoms with E-state index in [1.54, 1.807) is 0 Å². The van der Waals surface area contributed by atoms with E-state index >= 15 is 0 Å². The molecule has 0 unspecified atom stereocenters. The fourth-order valence-corrected chi connectivity index (χ4v) is 3.27.